The fourth-order valence-corrected chi connectivity index (χ4v) is 2.40. The molecular formula is C15H25NO4. The molecule has 2 atom stereocenters. The molecule has 0 aromatic heterocycles. The Morgan fingerprint density at radius 3 is 2.55 bits per heavy atom. The van der Waals surface area contributed by atoms with Gasteiger partial charge in [-0.2, -0.15) is 0 Å². The van der Waals surface area contributed by atoms with E-state index in [9.17, 15) is 14.7 Å². The lowest BCUT2D eigenvalue weighted by molar-refractivity contribution is -0.145. The van der Waals surface area contributed by atoms with E-state index in [1.165, 1.54) is 0 Å². The molecule has 0 aromatic carbocycles. The third-order valence-corrected chi connectivity index (χ3v) is 3.38. The summed E-state index contributed by atoms with van der Waals surface area (Å²) >= 11 is 0. The van der Waals surface area contributed by atoms with Gasteiger partial charge < -0.3 is 14.7 Å². The summed E-state index contributed by atoms with van der Waals surface area (Å²) in [5.41, 5.74) is -0.528. The van der Waals surface area contributed by atoms with Gasteiger partial charge in [0.25, 0.3) is 0 Å². The molecule has 0 bridgehead atoms. The molecule has 2 unspecified atom stereocenters. The van der Waals surface area contributed by atoms with Crippen LogP contribution in [0.1, 0.15) is 40.5 Å². The van der Waals surface area contributed by atoms with E-state index in [1.807, 2.05) is 39.8 Å². The summed E-state index contributed by atoms with van der Waals surface area (Å²) in [4.78, 5) is 24.9. The summed E-state index contributed by atoms with van der Waals surface area (Å²) in [5.74, 6) is -1.21. The van der Waals surface area contributed by atoms with Crippen LogP contribution < -0.4 is 0 Å². The SMILES string of the molecule is CC=CCC1CN(C(=O)OC(C)(C)C)CCC1C(=O)O. The topological polar surface area (TPSA) is 66.8 Å². The van der Waals surface area contributed by atoms with Crippen LogP contribution in [0.4, 0.5) is 4.79 Å². The second kappa shape index (κ2) is 6.77. The zero-order valence-electron chi connectivity index (χ0n) is 12.8. The van der Waals surface area contributed by atoms with Gasteiger partial charge in [-0.05, 0) is 46.5 Å². The number of aliphatic carboxylic acids is 1. The van der Waals surface area contributed by atoms with Crippen molar-refractivity contribution in [3.63, 3.8) is 0 Å². The van der Waals surface area contributed by atoms with E-state index in [4.69, 9.17) is 4.74 Å². The molecule has 1 fully saturated rings. The highest BCUT2D eigenvalue weighted by Crippen LogP contribution is 2.28. The Kier molecular flexibility index (Phi) is 5.60. The molecule has 114 valence electrons. The van der Waals surface area contributed by atoms with Crippen LogP contribution in [0.2, 0.25) is 0 Å². The standard InChI is InChI=1S/C15H25NO4/c1-5-6-7-11-10-16(9-8-12(11)13(17)18)14(19)20-15(2,3)4/h5-6,11-12H,7-10H2,1-4H3,(H,17,18). The van der Waals surface area contributed by atoms with Crippen molar-refractivity contribution in [1.29, 1.82) is 0 Å². The maximum atomic E-state index is 12.0. The Labute approximate surface area is 120 Å². The fraction of sp³-hybridized carbons (Fsp3) is 0.733. The smallest absolute Gasteiger partial charge is 0.410 e. The van der Waals surface area contributed by atoms with Crippen molar-refractivity contribution in [2.24, 2.45) is 11.8 Å². The van der Waals surface area contributed by atoms with Crippen molar-refractivity contribution in [3.05, 3.63) is 12.2 Å². The zero-order chi connectivity index (χ0) is 15.3. The normalized spacial score (nSPS) is 23.9. The Balaban J connectivity index is 2.70. The molecule has 5 nitrogen and oxygen atoms in total. The molecule has 1 rings (SSSR count). The minimum Gasteiger partial charge on any atom is -0.481 e. The van der Waals surface area contributed by atoms with Crippen LogP contribution in [0.25, 0.3) is 0 Å². The first kappa shape index (κ1) is 16.5. The van der Waals surface area contributed by atoms with Crippen LogP contribution >= 0.6 is 0 Å². The number of amides is 1. The predicted molar refractivity (Wildman–Crippen MR) is 76.5 cm³/mol. The third kappa shape index (κ3) is 4.87. The van der Waals surface area contributed by atoms with Crippen molar-refractivity contribution >= 4 is 12.1 Å². The van der Waals surface area contributed by atoms with Crippen LogP contribution in [-0.2, 0) is 9.53 Å². The van der Waals surface area contributed by atoms with Gasteiger partial charge in [-0.15, -0.1) is 0 Å². The van der Waals surface area contributed by atoms with Crippen LogP contribution in [0, 0.1) is 11.8 Å². The molecule has 1 heterocycles. The van der Waals surface area contributed by atoms with E-state index in [0.717, 1.165) is 0 Å². The van der Waals surface area contributed by atoms with Gasteiger partial charge in [0.15, 0.2) is 0 Å². The van der Waals surface area contributed by atoms with Crippen molar-refractivity contribution < 1.29 is 19.4 Å². The zero-order valence-corrected chi connectivity index (χ0v) is 12.8. The number of carbonyl (C=O) groups excluding carboxylic acids is 1. The van der Waals surface area contributed by atoms with E-state index in [2.05, 4.69) is 0 Å². The minimum absolute atomic E-state index is 0.0510. The number of likely N-dealkylation sites (tertiary alicyclic amines) is 1. The molecule has 0 radical (unpaired) electrons. The Morgan fingerprint density at radius 1 is 1.40 bits per heavy atom. The van der Waals surface area contributed by atoms with Gasteiger partial charge in [0, 0.05) is 13.1 Å². The first-order chi connectivity index (χ1) is 9.24. The Hall–Kier alpha value is -1.52. The molecule has 1 aliphatic rings. The quantitative estimate of drug-likeness (QED) is 0.809. The third-order valence-electron chi connectivity index (χ3n) is 3.38. The second-order valence-corrected chi connectivity index (χ2v) is 6.22. The van der Waals surface area contributed by atoms with Gasteiger partial charge in [0.1, 0.15) is 5.60 Å². The van der Waals surface area contributed by atoms with E-state index >= 15 is 0 Å². The minimum atomic E-state index is -0.775. The number of hydrogen-bond donors (Lipinski definition) is 1. The lowest BCUT2D eigenvalue weighted by atomic mass is 9.83. The summed E-state index contributed by atoms with van der Waals surface area (Å²) in [6.07, 6.45) is 4.67. The van der Waals surface area contributed by atoms with Crippen molar-refractivity contribution in [2.45, 2.75) is 46.1 Å². The van der Waals surface area contributed by atoms with Gasteiger partial charge in [-0.1, -0.05) is 12.2 Å². The maximum absolute atomic E-state index is 12.0. The summed E-state index contributed by atoms with van der Waals surface area (Å²) in [7, 11) is 0. The summed E-state index contributed by atoms with van der Waals surface area (Å²) in [5, 5.41) is 9.26. The first-order valence-electron chi connectivity index (χ1n) is 7.06. The number of carbonyl (C=O) groups is 2. The molecule has 5 heteroatoms. The van der Waals surface area contributed by atoms with Gasteiger partial charge in [0.05, 0.1) is 5.92 Å². The molecule has 0 saturated carbocycles. The highest BCUT2D eigenvalue weighted by atomic mass is 16.6. The van der Waals surface area contributed by atoms with Crippen molar-refractivity contribution in [2.75, 3.05) is 13.1 Å². The van der Waals surface area contributed by atoms with Crippen molar-refractivity contribution in [3.8, 4) is 0 Å². The summed E-state index contributed by atoms with van der Waals surface area (Å²) < 4.78 is 5.35. The molecule has 0 aromatic rings. The van der Waals surface area contributed by atoms with Crippen molar-refractivity contribution in [1.82, 2.24) is 4.90 Å². The number of carboxylic acid groups (broad SMARTS) is 1. The van der Waals surface area contributed by atoms with E-state index in [0.29, 0.717) is 25.9 Å². The maximum Gasteiger partial charge on any atom is 0.410 e. The van der Waals surface area contributed by atoms with Gasteiger partial charge in [-0.25, -0.2) is 4.79 Å². The van der Waals surface area contributed by atoms with E-state index in [-0.39, 0.29) is 17.9 Å². The first-order valence-corrected chi connectivity index (χ1v) is 7.06. The molecule has 0 spiro atoms. The highest BCUT2D eigenvalue weighted by Gasteiger charge is 2.36. The fourth-order valence-electron chi connectivity index (χ4n) is 2.40. The number of piperidine rings is 1. The Morgan fingerprint density at radius 2 is 2.05 bits per heavy atom. The molecule has 1 saturated heterocycles. The van der Waals surface area contributed by atoms with Crippen LogP contribution in [0.3, 0.4) is 0 Å². The molecule has 0 aliphatic carbocycles. The average Bonchev–Trinajstić information content (AvgIpc) is 2.33. The molecule has 1 aliphatic heterocycles. The van der Waals surface area contributed by atoms with Crippen LogP contribution in [0.15, 0.2) is 12.2 Å². The van der Waals surface area contributed by atoms with E-state index < -0.39 is 11.6 Å². The molecule has 20 heavy (non-hydrogen) atoms. The number of allylic oxidation sites excluding steroid dienone is 2. The molecular weight excluding hydrogens is 258 g/mol. The number of rotatable bonds is 3. The largest absolute Gasteiger partial charge is 0.481 e. The molecule has 1 amide bonds. The molecule has 1 N–H and O–H groups in total. The number of nitrogens with zero attached hydrogens (tertiary/aromatic N) is 1. The van der Waals surface area contributed by atoms with Gasteiger partial charge >= 0.3 is 12.1 Å². The lowest BCUT2D eigenvalue weighted by Gasteiger charge is -2.37. The second-order valence-electron chi connectivity index (χ2n) is 6.22. The highest BCUT2D eigenvalue weighted by molar-refractivity contribution is 5.72. The number of ether oxygens (including phenoxy) is 1. The predicted octanol–water partition coefficient (Wildman–Crippen LogP) is 2.91. The van der Waals surface area contributed by atoms with Gasteiger partial charge in [-0.3, -0.25) is 4.79 Å². The lowest BCUT2D eigenvalue weighted by Crippen LogP contribution is -2.47. The van der Waals surface area contributed by atoms with Crippen LogP contribution in [-0.4, -0.2) is 40.8 Å². The monoisotopic (exact) mass is 283 g/mol. The summed E-state index contributed by atoms with van der Waals surface area (Å²) in [6.45, 7) is 8.27. The number of hydrogen-bond acceptors (Lipinski definition) is 3. The van der Waals surface area contributed by atoms with E-state index in [1.54, 1.807) is 4.90 Å². The average molecular weight is 283 g/mol. The summed E-state index contributed by atoms with van der Waals surface area (Å²) in [6, 6.07) is 0. The van der Waals surface area contributed by atoms with Crippen LogP contribution in [0.5, 0.6) is 0 Å². The number of carboxylic acids is 1. The van der Waals surface area contributed by atoms with Gasteiger partial charge in [0.2, 0.25) is 0 Å². The Bertz CT molecular complexity index is 384.